The zero-order chi connectivity index (χ0) is 23.7. The number of carbonyl (C=O) groups excluding carboxylic acids is 1. The number of morpholine rings is 1. The zero-order valence-corrected chi connectivity index (χ0v) is 19.9. The number of rotatable bonds is 7. The van der Waals surface area contributed by atoms with Crippen LogP contribution in [-0.4, -0.2) is 60.8 Å². The number of carbonyl (C=O) groups is 1. The number of furan rings is 1. The third-order valence-corrected chi connectivity index (χ3v) is 8.23. The molecule has 1 saturated heterocycles. The van der Waals surface area contributed by atoms with Crippen LogP contribution in [0.15, 0.2) is 67.5 Å². The molecule has 0 unspecified atom stereocenters. The van der Waals surface area contributed by atoms with Crippen LogP contribution in [0.4, 0.5) is 0 Å². The van der Waals surface area contributed by atoms with E-state index in [2.05, 4.69) is 10.2 Å². The lowest BCUT2D eigenvalue weighted by molar-refractivity contribution is 0.0730. The first kappa shape index (κ1) is 22.8. The SMILES string of the molecule is Cc1c(C(=O)CSc2nnc(-c3cccc(S(=O)(=O)N4CCOCC4)c3)o2)oc2ccccc12. The van der Waals surface area contributed by atoms with Crippen LogP contribution >= 0.6 is 11.8 Å². The Bertz CT molecular complexity index is 1450. The Kier molecular flexibility index (Phi) is 6.26. The van der Waals surface area contributed by atoms with Crippen LogP contribution in [-0.2, 0) is 14.8 Å². The number of ketones is 1. The maximum absolute atomic E-state index is 12.9. The monoisotopic (exact) mass is 499 g/mol. The van der Waals surface area contributed by atoms with Gasteiger partial charge in [-0.25, -0.2) is 8.42 Å². The van der Waals surface area contributed by atoms with E-state index in [1.165, 1.54) is 16.4 Å². The molecule has 0 N–H and O–H groups in total. The van der Waals surface area contributed by atoms with E-state index in [1.54, 1.807) is 12.1 Å². The van der Waals surface area contributed by atoms with Gasteiger partial charge in [-0.3, -0.25) is 4.79 Å². The molecule has 9 nitrogen and oxygen atoms in total. The second-order valence-corrected chi connectivity index (χ2v) is 10.5. The first-order valence-corrected chi connectivity index (χ1v) is 13.0. The summed E-state index contributed by atoms with van der Waals surface area (Å²) in [7, 11) is -3.65. The molecular weight excluding hydrogens is 478 g/mol. The second kappa shape index (κ2) is 9.34. The molecule has 0 amide bonds. The molecule has 0 aliphatic carbocycles. The number of aromatic nitrogens is 2. The van der Waals surface area contributed by atoms with Gasteiger partial charge in [0, 0.05) is 29.6 Å². The summed E-state index contributed by atoms with van der Waals surface area (Å²) in [4.78, 5) is 12.9. The van der Waals surface area contributed by atoms with Crippen LogP contribution in [0, 0.1) is 6.92 Å². The van der Waals surface area contributed by atoms with Gasteiger partial charge in [0.15, 0.2) is 5.76 Å². The highest BCUT2D eigenvalue weighted by Gasteiger charge is 2.27. The summed E-state index contributed by atoms with van der Waals surface area (Å²) in [5.74, 6) is 0.369. The molecule has 2 aromatic heterocycles. The number of aryl methyl sites for hydroxylation is 1. The lowest BCUT2D eigenvalue weighted by Crippen LogP contribution is -2.40. The van der Waals surface area contributed by atoms with Crippen molar-refractivity contribution >= 4 is 38.5 Å². The molecule has 34 heavy (non-hydrogen) atoms. The highest BCUT2D eigenvalue weighted by molar-refractivity contribution is 7.99. The molecule has 11 heteroatoms. The summed E-state index contributed by atoms with van der Waals surface area (Å²) in [6.45, 7) is 3.22. The van der Waals surface area contributed by atoms with Gasteiger partial charge in [0.1, 0.15) is 5.58 Å². The van der Waals surface area contributed by atoms with Crippen LogP contribution < -0.4 is 0 Å². The normalized spacial score (nSPS) is 15.1. The van der Waals surface area contributed by atoms with Crippen molar-refractivity contribution in [1.29, 1.82) is 0 Å². The van der Waals surface area contributed by atoms with Gasteiger partial charge < -0.3 is 13.6 Å². The topological polar surface area (TPSA) is 116 Å². The number of thioether (sulfide) groups is 1. The number of ether oxygens (including phenoxy) is 1. The largest absolute Gasteiger partial charge is 0.453 e. The zero-order valence-electron chi connectivity index (χ0n) is 18.3. The molecule has 4 aromatic rings. The third kappa shape index (κ3) is 4.39. The Balaban J connectivity index is 1.30. The Morgan fingerprint density at radius 2 is 1.85 bits per heavy atom. The number of fused-ring (bicyclic) bond motifs is 1. The minimum Gasteiger partial charge on any atom is -0.453 e. The summed E-state index contributed by atoms with van der Waals surface area (Å²) in [6.07, 6.45) is 0. The molecule has 2 aromatic carbocycles. The van der Waals surface area contributed by atoms with Gasteiger partial charge in [0.25, 0.3) is 5.22 Å². The van der Waals surface area contributed by atoms with Gasteiger partial charge in [-0.1, -0.05) is 36.0 Å². The second-order valence-electron chi connectivity index (χ2n) is 7.68. The molecule has 0 atom stereocenters. The van der Waals surface area contributed by atoms with E-state index in [1.807, 2.05) is 31.2 Å². The predicted octanol–water partition coefficient (Wildman–Crippen LogP) is 3.79. The van der Waals surface area contributed by atoms with Crippen LogP contribution in [0.5, 0.6) is 0 Å². The summed E-state index contributed by atoms with van der Waals surface area (Å²) in [5.41, 5.74) is 1.94. The van der Waals surface area contributed by atoms with Crippen molar-refractivity contribution < 1.29 is 26.8 Å². The van der Waals surface area contributed by atoms with E-state index in [-0.39, 0.29) is 27.5 Å². The maximum Gasteiger partial charge on any atom is 0.277 e. The summed E-state index contributed by atoms with van der Waals surface area (Å²) in [6, 6.07) is 13.9. The first-order valence-electron chi connectivity index (χ1n) is 10.6. The number of para-hydroxylation sites is 1. The summed E-state index contributed by atoms with van der Waals surface area (Å²) in [5, 5.41) is 9.13. The van der Waals surface area contributed by atoms with Crippen molar-refractivity contribution in [1.82, 2.24) is 14.5 Å². The van der Waals surface area contributed by atoms with Crippen molar-refractivity contribution in [2.24, 2.45) is 0 Å². The van der Waals surface area contributed by atoms with Crippen LogP contribution in [0.2, 0.25) is 0 Å². The lowest BCUT2D eigenvalue weighted by atomic mass is 10.1. The predicted molar refractivity (Wildman–Crippen MR) is 125 cm³/mol. The van der Waals surface area contributed by atoms with Gasteiger partial charge in [0.2, 0.25) is 21.7 Å². The number of hydrogen-bond donors (Lipinski definition) is 0. The molecule has 3 heterocycles. The Hall–Kier alpha value is -2.99. The third-order valence-electron chi connectivity index (χ3n) is 5.52. The molecule has 176 valence electrons. The maximum atomic E-state index is 12.9. The molecule has 1 fully saturated rings. The van der Waals surface area contributed by atoms with E-state index in [9.17, 15) is 13.2 Å². The molecule has 0 bridgehead atoms. The average molecular weight is 500 g/mol. The fourth-order valence-electron chi connectivity index (χ4n) is 3.74. The quantitative estimate of drug-likeness (QED) is 0.277. The Labute approximate surface area is 200 Å². The smallest absolute Gasteiger partial charge is 0.277 e. The van der Waals surface area contributed by atoms with Gasteiger partial charge in [-0.15, -0.1) is 10.2 Å². The van der Waals surface area contributed by atoms with Gasteiger partial charge in [0.05, 0.1) is 23.9 Å². The lowest BCUT2D eigenvalue weighted by Gasteiger charge is -2.26. The van der Waals surface area contributed by atoms with Crippen LogP contribution in [0.25, 0.3) is 22.4 Å². The highest BCUT2D eigenvalue weighted by Crippen LogP contribution is 2.29. The molecular formula is C23H21N3O6S2. The number of hydrogen-bond acceptors (Lipinski definition) is 9. The van der Waals surface area contributed by atoms with Crippen molar-refractivity contribution in [3.63, 3.8) is 0 Å². The summed E-state index contributed by atoms with van der Waals surface area (Å²) < 4.78 is 43.9. The standard InChI is InChI=1S/C23H21N3O6S2/c1-15-18-7-2-3-8-20(18)31-21(15)19(27)14-33-23-25-24-22(32-23)16-5-4-6-17(13-16)34(28,29)26-9-11-30-12-10-26/h2-8,13H,9-12,14H2,1H3. The minimum absolute atomic E-state index is 0.0632. The van der Waals surface area contributed by atoms with Crippen molar-refractivity contribution in [2.45, 2.75) is 17.0 Å². The van der Waals surface area contributed by atoms with Gasteiger partial charge >= 0.3 is 0 Å². The molecule has 5 rings (SSSR count). The van der Waals surface area contributed by atoms with E-state index >= 15 is 0 Å². The van der Waals surface area contributed by atoms with E-state index in [0.29, 0.717) is 43.2 Å². The Morgan fingerprint density at radius 3 is 2.65 bits per heavy atom. The Morgan fingerprint density at radius 1 is 1.06 bits per heavy atom. The molecule has 0 saturated carbocycles. The fraction of sp³-hybridized carbons (Fsp3) is 0.261. The summed E-state index contributed by atoms with van der Waals surface area (Å²) >= 11 is 1.10. The van der Waals surface area contributed by atoms with E-state index < -0.39 is 10.0 Å². The molecule has 0 spiro atoms. The fourth-order valence-corrected chi connectivity index (χ4v) is 5.82. The van der Waals surface area contributed by atoms with E-state index in [0.717, 1.165) is 22.7 Å². The number of nitrogens with zero attached hydrogens (tertiary/aromatic N) is 3. The van der Waals surface area contributed by atoms with Crippen LogP contribution in [0.3, 0.4) is 0 Å². The molecule has 0 radical (unpaired) electrons. The number of Topliss-reactive ketones (excluding diaryl/α,β-unsaturated/α-hetero) is 1. The first-order chi connectivity index (χ1) is 16.4. The van der Waals surface area contributed by atoms with E-state index in [4.69, 9.17) is 13.6 Å². The number of benzene rings is 2. The van der Waals surface area contributed by atoms with Gasteiger partial charge in [-0.2, -0.15) is 4.31 Å². The van der Waals surface area contributed by atoms with Gasteiger partial charge in [-0.05, 0) is 31.2 Å². The average Bonchev–Trinajstić information content (AvgIpc) is 3.48. The number of sulfonamides is 1. The molecule has 1 aliphatic rings. The molecule has 1 aliphatic heterocycles. The van der Waals surface area contributed by atoms with Crippen molar-refractivity contribution in [3.05, 3.63) is 59.9 Å². The van der Waals surface area contributed by atoms with Crippen molar-refractivity contribution in [2.75, 3.05) is 32.1 Å². The van der Waals surface area contributed by atoms with Crippen LogP contribution in [0.1, 0.15) is 16.1 Å². The highest BCUT2D eigenvalue weighted by atomic mass is 32.2. The minimum atomic E-state index is -3.65. The van der Waals surface area contributed by atoms with Crippen molar-refractivity contribution in [3.8, 4) is 11.5 Å².